The number of hydrogen-bond acceptors (Lipinski definition) is 5. The van der Waals surface area contributed by atoms with E-state index in [1.807, 2.05) is 12.1 Å². The van der Waals surface area contributed by atoms with Crippen LogP contribution < -0.4 is 16.5 Å². The summed E-state index contributed by atoms with van der Waals surface area (Å²) in [5, 5.41) is 23.1. The Balaban J connectivity index is 1.46. The molecule has 7 nitrogen and oxygen atoms in total. The van der Waals surface area contributed by atoms with E-state index in [1.54, 1.807) is 18.2 Å². The van der Waals surface area contributed by atoms with Crippen LogP contribution >= 0.6 is 0 Å². The minimum Gasteiger partial charge on any atom is -0.382 e. The van der Waals surface area contributed by atoms with Crippen LogP contribution in [-0.2, 0) is 4.79 Å². The largest absolute Gasteiger partial charge is 0.382 e. The fourth-order valence-electron chi connectivity index (χ4n) is 5.58. The second-order valence-corrected chi connectivity index (χ2v) is 8.33. The molecule has 1 amide bonds. The second-order valence-electron chi connectivity index (χ2n) is 8.33. The molecular formula is C20H24N6O. The van der Waals surface area contributed by atoms with Crippen molar-refractivity contribution < 1.29 is 4.79 Å². The number of hydrazone groups is 1. The Morgan fingerprint density at radius 1 is 1.19 bits per heavy atom. The van der Waals surface area contributed by atoms with Gasteiger partial charge in [0, 0.05) is 5.69 Å². The molecule has 1 aromatic rings. The fraction of sp³-hybridized carbons (Fsp3) is 0.500. The Morgan fingerprint density at radius 3 is 2.33 bits per heavy atom. The summed E-state index contributed by atoms with van der Waals surface area (Å²) in [7, 11) is 0. The third-order valence-corrected chi connectivity index (χ3v) is 6.30. The average Bonchev–Trinajstić information content (AvgIpc) is 2.61. The maximum Gasteiger partial charge on any atom is 0.230 e. The molecule has 0 aromatic heterocycles. The van der Waals surface area contributed by atoms with Crippen molar-refractivity contribution in [3.05, 3.63) is 24.3 Å². The molecule has 4 bridgehead atoms. The molecule has 4 aliphatic carbocycles. The Morgan fingerprint density at radius 2 is 1.78 bits per heavy atom. The van der Waals surface area contributed by atoms with Crippen molar-refractivity contribution in [2.75, 3.05) is 10.7 Å². The minimum absolute atomic E-state index is 0.142. The van der Waals surface area contributed by atoms with E-state index in [1.165, 1.54) is 19.3 Å². The number of nitrogens with two attached hydrogens (primary N) is 1. The first-order valence-corrected chi connectivity index (χ1v) is 9.47. The number of amidine groups is 1. The first-order chi connectivity index (χ1) is 13.0. The number of carbonyl (C=O) groups excluding carboxylic acids is 1. The van der Waals surface area contributed by atoms with E-state index in [9.17, 15) is 4.79 Å². The Kier molecular flexibility index (Phi) is 4.34. The predicted octanol–water partition coefficient (Wildman–Crippen LogP) is 3.07. The number of rotatable bonds is 5. The lowest BCUT2D eigenvalue weighted by Gasteiger charge is -2.55. The van der Waals surface area contributed by atoms with E-state index < -0.39 is 5.84 Å². The van der Waals surface area contributed by atoms with Gasteiger partial charge in [0.2, 0.25) is 11.6 Å². The maximum atomic E-state index is 13.1. The van der Waals surface area contributed by atoms with Crippen LogP contribution in [0.15, 0.2) is 29.4 Å². The van der Waals surface area contributed by atoms with Crippen molar-refractivity contribution in [2.24, 2.45) is 34.0 Å². The van der Waals surface area contributed by atoms with Gasteiger partial charge in [-0.25, -0.2) is 0 Å². The molecule has 27 heavy (non-hydrogen) atoms. The molecule has 0 spiro atoms. The molecule has 0 atom stereocenters. The number of nitrogens with one attached hydrogen (secondary N) is 3. The van der Waals surface area contributed by atoms with E-state index in [0.717, 1.165) is 37.0 Å². The lowest BCUT2D eigenvalue weighted by atomic mass is 9.49. The lowest BCUT2D eigenvalue weighted by Crippen LogP contribution is -2.51. The summed E-state index contributed by atoms with van der Waals surface area (Å²) < 4.78 is 0. The Hall–Kier alpha value is -2.88. The highest BCUT2D eigenvalue weighted by Crippen LogP contribution is 2.60. The third kappa shape index (κ3) is 3.39. The molecule has 5 rings (SSSR count). The molecule has 0 radical (unpaired) electrons. The molecule has 7 heteroatoms. The SMILES string of the molecule is N#C/C(=N\Nc1cccc(NC(=O)C23CC4CC(CC(C4)C2)C3)c1)C(=N)N. The van der Waals surface area contributed by atoms with Gasteiger partial charge in [-0.2, -0.15) is 10.4 Å². The first-order valence-electron chi connectivity index (χ1n) is 9.47. The molecule has 4 saturated carbocycles. The molecular weight excluding hydrogens is 340 g/mol. The maximum absolute atomic E-state index is 13.1. The normalized spacial score (nSPS) is 31.2. The van der Waals surface area contributed by atoms with Crippen LogP contribution in [0.25, 0.3) is 0 Å². The highest BCUT2D eigenvalue weighted by molar-refractivity contribution is 6.45. The van der Waals surface area contributed by atoms with E-state index in [2.05, 4.69) is 15.8 Å². The zero-order valence-corrected chi connectivity index (χ0v) is 15.2. The zero-order valence-electron chi connectivity index (χ0n) is 15.2. The van der Waals surface area contributed by atoms with Gasteiger partial charge >= 0.3 is 0 Å². The lowest BCUT2D eigenvalue weighted by molar-refractivity contribution is -0.140. The van der Waals surface area contributed by atoms with Gasteiger partial charge in [0.05, 0.1) is 11.1 Å². The average molecular weight is 364 g/mol. The van der Waals surface area contributed by atoms with Gasteiger partial charge in [0.25, 0.3) is 0 Å². The quantitative estimate of drug-likeness (QED) is 0.364. The molecule has 4 aliphatic rings. The van der Waals surface area contributed by atoms with E-state index >= 15 is 0 Å². The number of carbonyl (C=O) groups is 1. The van der Waals surface area contributed by atoms with Gasteiger partial charge in [-0.3, -0.25) is 15.6 Å². The van der Waals surface area contributed by atoms with Crippen molar-refractivity contribution in [1.29, 1.82) is 10.7 Å². The minimum atomic E-state index is -0.392. The molecule has 0 heterocycles. The molecule has 0 aliphatic heterocycles. The summed E-state index contributed by atoms with van der Waals surface area (Å²) in [6.07, 6.45) is 7.00. The fourth-order valence-corrected chi connectivity index (χ4v) is 5.58. The van der Waals surface area contributed by atoms with E-state index in [4.69, 9.17) is 16.4 Å². The van der Waals surface area contributed by atoms with Gasteiger partial charge in [0.1, 0.15) is 6.07 Å². The molecule has 1 aromatic carbocycles. The van der Waals surface area contributed by atoms with Crippen molar-refractivity contribution in [3.63, 3.8) is 0 Å². The summed E-state index contributed by atoms with van der Waals surface area (Å²) in [5.74, 6) is 1.92. The van der Waals surface area contributed by atoms with Crippen molar-refractivity contribution >= 4 is 28.8 Å². The van der Waals surface area contributed by atoms with Gasteiger partial charge in [-0.15, -0.1) is 0 Å². The van der Waals surface area contributed by atoms with Crippen LogP contribution in [0, 0.1) is 39.9 Å². The van der Waals surface area contributed by atoms with Crippen LogP contribution in [0.2, 0.25) is 0 Å². The summed E-state index contributed by atoms with van der Waals surface area (Å²) in [5.41, 5.74) is 8.95. The molecule has 4 fully saturated rings. The summed E-state index contributed by atoms with van der Waals surface area (Å²) in [6, 6.07) is 8.98. The van der Waals surface area contributed by atoms with Crippen LogP contribution in [-0.4, -0.2) is 17.5 Å². The number of hydrogen-bond donors (Lipinski definition) is 4. The first kappa shape index (κ1) is 17.5. The highest BCUT2D eigenvalue weighted by Gasteiger charge is 2.54. The molecule has 140 valence electrons. The van der Waals surface area contributed by atoms with Gasteiger partial charge in [0.15, 0.2) is 5.84 Å². The number of amides is 1. The van der Waals surface area contributed by atoms with Crippen molar-refractivity contribution in [2.45, 2.75) is 38.5 Å². The third-order valence-electron chi connectivity index (χ3n) is 6.30. The molecule has 0 unspecified atom stereocenters. The number of anilines is 2. The standard InChI is InChI=1S/C20H24N6O/c21-11-17(18(22)23)26-25-16-3-1-2-15(7-16)24-19(27)20-8-12-4-13(9-20)6-14(5-12)10-20/h1-3,7,12-14,25H,4-6,8-10H2,(H3,22,23)(H,24,27)/b26-17+. The topological polar surface area (TPSA) is 127 Å². The second kappa shape index (κ2) is 6.69. The predicted molar refractivity (Wildman–Crippen MR) is 104 cm³/mol. The van der Waals surface area contributed by atoms with Crippen LogP contribution in [0.4, 0.5) is 11.4 Å². The summed E-state index contributed by atoms with van der Waals surface area (Å²) in [6.45, 7) is 0. The van der Waals surface area contributed by atoms with Crippen LogP contribution in [0.3, 0.4) is 0 Å². The Bertz CT molecular complexity index is 817. The number of nitriles is 1. The number of benzene rings is 1. The zero-order chi connectivity index (χ0) is 19.0. The molecule has 0 saturated heterocycles. The smallest absolute Gasteiger partial charge is 0.230 e. The van der Waals surface area contributed by atoms with Crippen LogP contribution in [0.5, 0.6) is 0 Å². The highest BCUT2D eigenvalue weighted by atomic mass is 16.2. The molecule has 5 N–H and O–H groups in total. The number of nitrogens with zero attached hydrogens (tertiary/aromatic N) is 2. The summed E-state index contributed by atoms with van der Waals surface area (Å²) in [4.78, 5) is 13.1. The van der Waals surface area contributed by atoms with Crippen molar-refractivity contribution in [3.8, 4) is 6.07 Å². The van der Waals surface area contributed by atoms with Gasteiger partial charge < -0.3 is 11.1 Å². The van der Waals surface area contributed by atoms with Crippen molar-refractivity contribution in [1.82, 2.24) is 0 Å². The monoisotopic (exact) mass is 364 g/mol. The van der Waals surface area contributed by atoms with Gasteiger partial charge in [-0.05, 0) is 74.5 Å². The Labute approximate surface area is 158 Å². The van der Waals surface area contributed by atoms with E-state index in [0.29, 0.717) is 11.4 Å². The summed E-state index contributed by atoms with van der Waals surface area (Å²) >= 11 is 0. The van der Waals surface area contributed by atoms with Gasteiger partial charge in [-0.1, -0.05) is 6.07 Å². The van der Waals surface area contributed by atoms with E-state index in [-0.39, 0.29) is 17.0 Å². The van der Waals surface area contributed by atoms with Crippen LogP contribution in [0.1, 0.15) is 38.5 Å².